The molecule has 46 heavy (non-hydrogen) atoms. The molecule has 3 aromatic carbocycles. The van der Waals surface area contributed by atoms with Crippen LogP contribution in [0.15, 0.2) is 72.9 Å². The fraction of sp³-hybridized carbons (Fsp3) is 0.303. The van der Waals surface area contributed by atoms with Crippen LogP contribution in [0.25, 0.3) is 10.9 Å². The molecular weight excluding hydrogens is 607 g/mol. The van der Waals surface area contributed by atoms with E-state index in [-0.39, 0.29) is 11.7 Å². The molecule has 4 aromatic rings. The second-order valence-electron chi connectivity index (χ2n) is 9.92. The van der Waals surface area contributed by atoms with E-state index in [1.54, 1.807) is 62.7 Å². The number of aromatic nitrogens is 1. The number of halogens is 3. The fourth-order valence-corrected chi connectivity index (χ4v) is 4.40. The van der Waals surface area contributed by atoms with Gasteiger partial charge in [-0.1, -0.05) is 12.8 Å². The van der Waals surface area contributed by atoms with Crippen molar-refractivity contribution in [2.45, 2.75) is 45.4 Å². The minimum atomic E-state index is -4.80. The Bertz CT molecular complexity index is 1600. The molecule has 0 atom stereocenters. The molecule has 244 valence electrons. The lowest BCUT2D eigenvalue weighted by atomic mass is 10.1. The molecular formula is C33H34F3N3O7. The molecule has 0 saturated heterocycles. The first-order valence-corrected chi connectivity index (χ1v) is 14.6. The number of rotatable bonds is 15. The van der Waals surface area contributed by atoms with Crippen LogP contribution in [0.4, 0.5) is 29.3 Å². The van der Waals surface area contributed by atoms with Crippen molar-refractivity contribution >= 4 is 34.3 Å². The second kappa shape index (κ2) is 16.2. The summed E-state index contributed by atoms with van der Waals surface area (Å²) < 4.78 is 63.4. The molecule has 0 aliphatic rings. The molecule has 13 heteroatoms. The summed E-state index contributed by atoms with van der Waals surface area (Å²) in [6, 6.07) is 16.1. The molecule has 0 aliphatic carbocycles. The summed E-state index contributed by atoms with van der Waals surface area (Å²) in [5, 5.41) is 5.90. The molecule has 10 nitrogen and oxygen atoms in total. The molecule has 0 saturated carbocycles. The Morgan fingerprint density at radius 3 is 2.09 bits per heavy atom. The number of carbonyl (C=O) groups excluding carboxylic acids is 2. The summed E-state index contributed by atoms with van der Waals surface area (Å²) in [4.78, 5) is 28.3. The second-order valence-corrected chi connectivity index (χ2v) is 9.92. The lowest BCUT2D eigenvalue weighted by Gasteiger charge is -2.14. The van der Waals surface area contributed by atoms with Crippen molar-refractivity contribution in [1.29, 1.82) is 0 Å². The number of fused-ring (bicyclic) bond motifs is 1. The highest BCUT2D eigenvalue weighted by molar-refractivity contribution is 5.99. The van der Waals surface area contributed by atoms with Gasteiger partial charge in [0, 0.05) is 35.4 Å². The van der Waals surface area contributed by atoms with Gasteiger partial charge in [-0.3, -0.25) is 9.78 Å². The minimum absolute atomic E-state index is 0.166. The first kappa shape index (κ1) is 33.7. The van der Waals surface area contributed by atoms with Crippen molar-refractivity contribution in [2.75, 3.05) is 31.0 Å². The number of nitrogens with one attached hydrogen (secondary N) is 2. The van der Waals surface area contributed by atoms with E-state index < -0.39 is 18.1 Å². The van der Waals surface area contributed by atoms with Gasteiger partial charge in [-0.05, 0) is 80.4 Å². The van der Waals surface area contributed by atoms with Gasteiger partial charge >= 0.3 is 18.4 Å². The van der Waals surface area contributed by atoms with Gasteiger partial charge in [-0.25, -0.2) is 4.79 Å². The first-order chi connectivity index (χ1) is 22.1. The van der Waals surface area contributed by atoms with Gasteiger partial charge in [0.05, 0.1) is 25.8 Å². The van der Waals surface area contributed by atoms with E-state index in [9.17, 15) is 22.8 Å². The number of amides is 2. The van der Waals surface area contributed by atoms with Crippen molar-refractivity contribution in [3.63, 3.8) is 0 Å². The maximum absolute atomic E-state index is 12.4. The number of hydrogen-bond acceptors (Lipinski definition) is 8. The van der Waals surface area contributed by atoms with E-state index in [1.165, 1.54) is 12.1 Å². The number of esters is 1. The number of pyridine rings is 1. The molecule has 2 amide bonds. The quantitative estimate of drug-likeness (QED) is 0.0981. The summed E-state index contributed by atoms with van der Waals surface area (Å²) in [7, 11) is 1.56. The Morgan fingerprint density at radius 1 is 0.804 bits per heavy atom. The molecule has 0 unspecified atom stereocenters. The highest BCUT2D eigenvalue weighted by Gasteiger charge is 2.31. The minimum Gasteiger partial charge on any atom is -0.493 e. The van der Waals surface area contributed by atoms with Crippen LogP contribution in [-0.2, 0) is 9.53 Å². The molecule has 0 aliphatic heterocycles. The first-order valence-electron chi connectivity index (χ1n) is 14.6. The number of hydrogen-bond donors (Lipinski definition) is 2. The zero-order chi connectivity index (χ0) is 32.9. The van der Waals surface area contributed by atoms with Crippen molar-refractivity contribution in [3.05, 3.63) is 72.9 Å². The number of carbonyl (C=O) groups is 2. The van der Waals surface area contributed by atoms with Crippen LogP contribution in [-0.4, -0.2) is 43.7 Å². The van der Waals surface area contributed by atoms with E-state index in [1.807, 2.05) is 0 Å². The number of unbranched alkanes of at least 4 members (excludes halogenated alkanes) is 3. The maximum Gasteiger partial charge on any atom is 0.573 e. The molecule has 2 N–H and O–H groups in total. The van der Waals surface area contributed by atoms with Gasteiger partial charge in [0.2, 0.25) is 0 Å². The number of urea groups is 1. The molecule has 0 spiro atoms. The van der Waals surface area contributed by atoms with Crippen LogP contribution in [0.5, 0.6) is 28.7 Å². The maximum atomic E-state index is 12.4. The van der Waals surface area contributed by atoms with E-state index in [0.29, 0.717) is 59.2 Å². The van der Waals surface area contributed by atoms with Crippen molar-refractivity contribution in [3.8, 4) is 28.7 Å². The Kier molecular flexibility index (Phi) is 11.9. The third kappa shape index (κ3) is 10.5. The molecule has 0 radical (unpaired) electrons. The van der Waals surface area contributed by atoms with Gasteiger partial charge in [-0.15, -0.1) is 13.2 Å². The number of benzene rings is 3. The largest absolute Gasteiger partial charge is 0.573 e. The number of ether oxygens (including phenoxy) is 5. The topological polar surface area (TPSA) is 117 Å². The van der Waals surface area contributed by atoms with Gasteiger partial charge in [0.1, 0.15) is 17.2 Å². The molecule has 4 rings (SSSR count). The van der Waals surface area contributed by atoms with Crippen molar-refractivity contribution in [2.24, 2.45) is 0 Å². The van der Waals surface area contributed by atoms with Crippen molar-refractivity contribution < 1.29 is 46.4 Å². The molecule has 1 aromatic heterocycles. The SMILES string of the molecule is CCOC(=O)CCCCCCOc1cc2nccc(Oc3ccc(NC(=O)Nc4ccc(OC(F)(F)F)cc4)cc3)c2cc1OC. The zero-order valence-corrected chi connectivity index (χ0v) is 25.3. The van der Waals surface area contributed by atoms with Crippen LogP contribution in [0, 0.1) is 0 Å². The number of alkyl halides is 3. The van der Waals surface area contributed by atoms with E-state index >= 15 is 0 Å². The monoisotopic (exact) mass is 641 g/mol. The summed E-state index contributed by atoms with van der Waals surface area (Å²) in [6.07, 6.45) is 0.682. The highest BCUT2D eigenvalue weighted by atomic mass is 19.4. The summed E-state index contributed by atoms with van der Waals surface area (Å²) in [6.45, 7) is 2.68. The summed E-state index contributed by atoms with van der Waals surface area (Å²) in [5.41, 5.74) is 1.39. The average Bonchev–Trinajstić information content (AvgIpc) is 3.01. The van der Waals surface area contributed by atoms with E-state index in [4.69, 9.17) is 18.9 Å². The Hall–Kier alpha value is -5.20. The molecule has 1 heterocycles. The van der Waals surface area contributed by atoms with Crippen LogP contribution in [0.3, 0.4) is 0 Å². The van der Waals surface area contributed by atoms with Crippen molar-refractivity contribution in [1.82, 2.24) is 4.98 Å². The van der Waals surface area contributed by atoms with Gasteiger partial charge in [0.15, 0.2) is 11.5 Å². The standard InChI is InChI=1S/C33H34F3N3O7/c1-3-43-31(40)8-6-4-5-7-19-44-30-21-27-26(20-29(30)42-2)28(17-18-37-27)45-24-13-9-22(10-14-24)38-32(41)39-23-11-15-25(16-12-23)46-33(34,35)36/h9-18,20-21H,3-8,19H2,1-2H3,(H2,38,39,41). The van der Waals surface area contributed by atoms with E-state index in [0.717, 1.165) is 37.8 Å². The smallest absolute Gasteiger partial charge is 0.493 e. The van der Waals surface area contributed by atoms with Crippen LogP contribution >= 0.6 is 0 Å². The summed E-state index contributed by atoms with van der Waals surface area (Å²) in [5.74, 6) is 1.57. The van der Waals surface area contributed by atoms with E-state index in [2.05, 4.69) is 20.4 Å². The van der Waals surface area contributed by atoms with Gasteiger partial charge in [-0.2, -0.15) is 0 Å². The Balaban J connectivity index is 1.30. The predicted octanol–water partition coefficient (Wildman–Crippen LogP) is 8.47. The third-order valence-electron chi connectivity index (χ3n) is 6.51. The summed E-state index contributed by atoms with van der Waals surface area (Å²) >= 11 is 0. The molecule has 0 fully saturated rings. The zero-order valence-electron chi connectivity index (χ0n) is 25.3. The average molecular weight is 642 g/mol. The number of nitrogens with zero attached hydrogens (tertiary/aromatic N) is 1. The van der Waals surface area contributed by atoms with Crippen LogP contribution < -0.4 is 29.6 Å². The lowest BCUT2D eigenvalue weighted by molar-refractivity contribution is -0.274. The normalized spacial score (nSPS) is 11.1. The third-order valence-corrected chi connectivity index (χ3v) is 6.51. The predicted molar refractivity (Wildman–Crippen MR) is 166 cm³/mol. The number of methoxy groups -OCH3 is 1. The highest BCUT2D eigenvalue weighted by Crippen LogP contribution is 2.37. The molecule has 0 bridgehead atoms. The Morgan fingerprint density at radius 2 is 1.46 bits per heavy atom. The van der Waals surface area contributed by atoms with Crippen LogP contribution in [0.2, 0.25) is 0 Å². The van der Waals surface area contributed by atoms with Gasteiger partial charge in [0.25, 0.3) is 0 Å². The van der Waals surface area contributed by atoms with Gasteiger partial charge < -0.3 is 34.3 Å². The Labute approximate surface area is 263 Å². The lowest BCUT2D eigenvalue weighted by Crippen LogP contribution is -2.19. The van der Waals surface area contributed by atoms with Crippen LogP contribution in [0.1, 0.15) is 39.0 Å². The fourth-order valence-electron chi connectivity index (χ4n) is 4.40. The number of anilines is 2.